The van der Waals surface area contributed by atoms with Gasteiger partial charge in [0.05, 0.1) is 14.2 Å². The van der Waals surface area contributed by atoms with E-state index in [1.165, 1.54) is 4.90 Å². The summed E-state index contributed by atoms with van der Waals surface area (Å²) in [6, 6.07) is 13.7. The molecule has 33 heavy (non-hydrogen) atoms. The van der Waals surface area contributed by atoms with Gasteiger partial charge in [0, 0.05) is 23.2 Å². The minimum absolute atomic E-state index is 0.0825. The van der Waals surface area contributed by atoms with Gasteiger partial charge in [-0.25, -0.2) is 4.79 Å². The second-order valence-corrected chi connectivity index (χ2v) is 8.87. The molecular weight excluding hydrogens is 434 g/mol. The lowest BCUT2D eigenvalue weighted by molar-refractivity contribution is 0.180. The van der Waals surface area contributed by atoms with E-state index in [9.17, 15) is 4.79 Å². The normalized spacial score (nSPS) is 11.8. The van der Waals surface area contributed by atoms with Crippen LogP contribution in [0.1, 0.15) is 39.2 Å². The smallest absolute Gasteiger partial charge is 0.322 e. The summed E-state index contributed by atoms with van der Waals surface area (Å²) in [7, 11) is 3.25. The van der Waals surface area contributed by atoms with E-state index in [1.54, 1.807) is 26.0 Å². The standard InChI is InChI=1S/C26H39N3O3S/c1-7-28(8-2)17-9-10-20(3)29(19-21-11-16-24(31-4)25(18-21)32-5)26(30)27-22-12-14-23(33-6)15-13-22/h11-16,18,20H,7-10,17,19H2,1-6H3,(H,27,30). The number of anilines is 1. The molecule has 0 aliphatic heterocycles. The summed E-state index contributed by atoms with van der Waals surface area (Å²) in [5.74, 6) is 1.34. The van der Waals surface area contributed by atoms with E-state index in [2.05, 4.69) is 31.0 Å². The molecule has 7 heteroatoms. The summed E-state index contributed by atoms with van der Waals surface area (Å²) in [5.41, 5.74) is 1.79. The van der Waals surface area contributed by atoms with Crippen LogP contribution in [0.25, 0.3) is 0 Å². The number of nitrogens with zero attached hydrogens (tertiary/aromatic N) is 2. The summed E-state index contributed by atoms with van der Waals surface area (Å²) in [5, 5.41) is 3.08. The Hall–Kier alpha value is -2.38. The maximum Gasteiger partial charge on any atom is 0.322 e. The van der Waals surface area contributed by atoms with Gasteiger partial charge in [0.1, 0.15) is 0 Å². The SMILES string of the molecule is CCN(CC)CCCC(C)N(Cc1ccc(OC)c(OC)c1)C(=O)Nc1ccc(SC)cc1. The molecule has 0 spiro atoms. The quantitative estimate of drug-likeness (QED) is 0.363. The number of nitrogens with one attached hydrogen (secondary N) is 1. The zero-order valence-electron chi connectivity index (χ0n) is 20.9. The number of carbonyl (C=O) groups excluding carboxylic acids is 1. The molecule has 0 radical (unpaired) electrons. The minimum atomic E-state index is -0.1000. The van der Waals surface area contributed by atoms with Crippen molar-refractivity contribution in [2.75, 3.05) is 45.4 Å². The zero-order chi connectivity index (χ0) is 24.2. The Kier molecular flexibility index (Phi) is 11.4. The largest absolute Gasteiger partial charge is 0.493 e. The molecule has 6 nitrogen and oxygen atoms in total. The van der Waals surface area contributed by atoms with Gasteiger partial charge in [-0.1, -0.05) is 19.9 Å². The molecule has 0 bridgehead atoms. The van der Waals surface area contributed by atoms with E-state index in [0.717, 1.165) is 43.7 Å². The molecule has 1 N–H and O–H groups in total. The van der Waals surface area contributed by atoms with Gasteiger partial charge in [-0.2, -0.15) is 0 Å². The first-order valence-corrected chi connectivity index (χ1v) is 12.8. The topological polar surface area (TPSA) is 54.0 Å². The molecule has 0 heterocycles. The number of thioether (sulfide) groups is 1. The van der Waals surface area contributed by atoms with Crippen LogP contribution in [-0.4, -0.2) is 62.0 Å². The fourth-order valence-electron chi connectivity index (χ4n) is 3.78. The molecule has 2 aromatic rings. The molecule has 0 aromatic heterocycles. The minimum Gasteiger partial charge on any atom is -0.493 e. The van der Waals surface area contributed by atoms with Crippen LogP contribution in [0.5, 0.6) is 11.5 Å². The zero-order valence-corrected chi connectivity index (χ0v) is 21.7. The van der Waals surface area contributed by atoms with Gasteiger partial charge < -0.3 is 24.6 Å². The van der Waals surface area contributed by atoms with Crippen molar-refractivity contribution in [1.29, 1.82) is 0 Å². The van der Waals surface area contributed by atoms with Crippen molar-refractivity contribution in [2.45, 2.75) is 51.1 Å². The summed E-state index contributed by atoms with van der Waals surface area (Å²) in [6.07, 6.45) is 4.02. The van der Waals surface area contributed by atoms with E-state index >= 15 is 0 Å². The third kappa shape index (κ3) is 8.16. The van der Waals surface area contributed by atoms with Crippen molar-refractivity contribution < 1.29 is 14.3 Å². The lowest BCUT2D eigenvalue weighted by atomic mass is 10.1. The monoisotopic (exact) mass is 473 g/mol. The van der Waals surface area contributed by atoms with Gasteiger partial charge in [-0.15, -0.1) is 11.8 Å². The Morgan fingerprint density at radius 2 is 1.70 bits per heavy atom. The lowest BCUT2D eigenvalue weighted by Gasteiger charge is -2.30. The van der Waals surface area contributed by atoms with Crippen molar-refractivity contribution in [2.24, 2.45) is 0 Å². The van der Waals surface area contributed by atoms with Crippen LogP contribution in [0, 0.1) is 0 Å². The first-order valence-electron chi connectivity index (χ1n) is 11.6. The number of amides is 2. The van der Waals surface area contributed by atoms with E-state index in [1.807, 2.05) is 53.6 Å². The summed E-state index contributed by atoms with van der Waals surface area (Å²) in [4.78, 5) is 18.8. The molecule has 2 aromatic carbocycles. The number of hydrogen-bond acceptors (Lipinski definition) is 5. The first-order chi connectivity index (χ1) is 15.9. The number of carbonyl (C=O) groups is 1. The van der Waals surface area contributed by atoms with E-state index in [0.29, 0.717) is 18.0 Å². The first kappa shape index (κ1) is 26.9. The van der Waals surface area contributed by atoms with Crippen molar-refractivity contribution in [3.63, 3.8) is 0 Å². The Labute approximate surface area is 203 Å². The Morgan fingerprint density at radius 1 is 1.03 bits per heavy atom. The van der Waals surface area contributed by atoms with Crippen LogP contribution in [0.4, 0.5) is 10.5 Å². The second-order valence-electron chi connectivity index (χ2n) is 7.99. The molecule has 0 saturated carbocycles. The highest BCUT2D eigenvalue weighted by Gasteiger charge is 2.21. The summed E-state index contributed by atoms with van der Waals surface area (Å²) >= 11 is 1.68. The van der Waals surface area contributed by atoms with Crippen LogP contribution in [-0.2, 0) is 6.54 Å². The Bertz CT molecular complexity index is 856. The number of ether oxygens (including phenoxy) is 2. The molecule has 2 rings (SSSR count). The van der Waals surface area contributed by atoms with Crippen LogP contribution in [0.15, 0.2) is 47.4 Å². The third-order valence-electron chi connectivity index (χ3n) is 5.93. The highest BCUT2D eigenvalue weighted by Crippen LogP contribution is 2.29. The molecule has 1 unspecified atom stereocenters. The van der Waals surface area contributed by atoms with E-state index < -0.39 is 0 Å². The van der Waals surface area contributed by atoms with Gasteiger partial charge in [-0.05, 0) is 87.6 Å². The highest BCUT2D eigenvalue weighted by atomic mass is 32.2. The van der Waals surface area contributed by atoms with Crippen LogP contribution in [0.2, 0.25) is 0 Å². The number of urea groups is 1. The Morgan fingerprint density at radius 3 is 2.27 bits per heavy atom. The van der Waals surface area contributed by atoms with Gasteiger partial charge in [-0.3, -0.25) is 0 Å². The number of rotatable bonds is 13. The molecule has 1 atom stereocenters. The predicted molar refractivity (Wildman–Crippen MR) is 139 cm³/mol. The van der Waals surface area contributed by atoms with Gasteiger partial charge in [0.25, 0.3) is 0 Å². The second kappa shape index (κ2) is 14.0. The predicted octanol–water partition coefficient (Wildman–Crippen LogP) is 5.97. The van der Waals surface area contributed by atoms with Crippen molar-refractivity contribution in [3.8, 4) is 11.5 Å². The average molecular weight is 474 g/mol. The molecule has 0 aliphatic rings. The summed E-state index contributed by atoms with van der Waals surface area (Å²) in [6.45, 7) is 10.1. The van der Waals surface area contributed by atoms with Gasteiger partial charge in [0.2, 0.25) is 0 Å². The third-order valence-corrected chi connectivity index (χ3v) is 6.67. The maximum atomic E-state index is 13.3. The Balaban J connectivity index is 2.17. The molecule has 0 fully saturated rings. The molecule has 2 amide bonds. The highest BCUT2D eigenvalue weighted by molar-refractivity contribution is 7.98. The maximum absolute atomic E-state index is 13.3. The van der Waals surface area contributed by atoms with Crippen molar-refractivity contribution in [1.82, 2.24) is 9.80 Å². The number of hydrogen-bond donors (Lipinski definition) is 1. The van der Waals surface area contributed by atoms with E-state index in [4.69, 9.17) is 9.47 Å². The molecule has 182 valence electrons. The van der Waals surface area contributed by atoms with E-state index in [-0.39, 0.29) is 12.1 Å². The van der Waals surface area contributed by atoms with Crippen molar-refractivity contribution in [3.05, 3.63) is 48.0 Å². The summed E-state index contributed by atoms with van der Waals surface area (Å²) < 4.78 is 10.8. The van der Waals surface area contributed by atoms with Crippen LogP contribution >= 0.6 is 11.8 Å². The fourth-order valence-corrected chi connectivity index (χ4v) is 4.19. The fraction of sp³-hybridized carbons (Fsp3) is 0.500. The molecule has 0 aliphatic carbocycles. The number of benzene rings is 2. The van der Waals surface area contributed by atoms with Gasteiger partial charge in [0.15, 0.2) is 11.5 Å². The lowest BCUT2D eigenvalue weighted by Crippen LogP contribution is -2.41. The van der Waals surface area contributed by atoms with Gasteiger partial charge >= 0.3 is 6.03 Å². The van der Waals surface area contributed by atoms with Crippen LogP contribution in [0.3, 0.4) is 0 Å². The van der Waals surface area contributed by atoms with Crippen LogP contribution < -0.4 is 14.8 Å². The molecule has 0 saturated heterocycles. The molecular formula is C26H39N3O3S. The average Bonchev–Trinajstić information content (AvgIpc) is 2.85. The van der Waals surface area contributed by atoms with Crippen molar-refractivity contribution >= 4 is 23.5 Å². The number of methoxy groups -OCH3 is 2.